The molecule has 1 aliphatic heterocycles. The SMILES string of the molecule is Cc1ccc(/C(O)=C2/C(=O)C(=O)N(CCOC(C)C)C2c2cccc(Oc3ccccc3)c2)cc1. The summed E-state index contributed by atoms with van der Waals surface area (Å²) in [5.74, 6) is -0.343. The molecule has 6 nitrogen and oxygen atoms in total. The highest BCUT2D eigenvalue weighted by molar-refractivity contribution is 6.46. The molecule has 180 valence electrons. The number of Topliss-reactive ketones (excluding diaryl/α,β-unsaturated/α-hetero) is 1. The van der Waals surface area contributed by atoms with Gasteiger partial charge in [0, 0.05) is 12.1 Å². The highest BCUT2D eigenvalue weighted by atomic mass is 16.5. The molecule has 1 unspecified atom stereocenters. The molecule has 1 saturated heterocycles. The molecule has 6 heteroatoms. The van der Waals surface area contributed by atoms with Crippen LogP contribution in [0.25, 0.3) is 5.76 Å². The first kappa shape index (κ1) is 24.2. The lowest BCUT2D eigenvalue weighted by molar-refractivity contribution is -0.140. The van der Waals surface area contributed by atoms with Gasteiger partial charge in [-0.2, -0.15) is 0 Å². The van der Waals surface area contributed by atoms with Crippen LogP contribution in [0.5, 0.6) is 11.5 Å². The largest absolute Gasteiger partial charge is 0.507 e. The van der Waals surface area contributed by atoms with Gasteiger partial charge in [0.05, 0.1) is 24.3 Å². The number of carbonyl (C=O) groups is 2. The van der Waals surface area contributed by atoms with E-state index in [2.05, 4.69) is 0 Å². The fourth-order valence-corrected chi connectivity index (χ4v) is 4.08. The minimum absolute atomic E-state index is 0.0135. The van der Waals surface area contributed by atoms with Crippen molar-refractivity contribution in [3.05, 3.63) is 101 Å². The molecule has 1 N–H and O–H groups in total. The van der Waals surface area contributed by atoms with E-state index >= 15 is 0 Å². The van der Waals surface area contributed by atoms with Crippen LogP contribution >= 0.6 is 0 Å². The molecule has 0 aromatic heterocycles. The molecule has 1 atom stereocenters. The summed E-state index contributed by atoms with van der Waals surface area (Å²) in [7, 11) is 0. The Morgan fingerprint density at radius 2 is 1.63 bits per heavy atom. The van der Waals surface area contributed by atoms with Gasteiger partial charge in [-0.25, -0.2) is 0 Å². The lowest BCUT2D eigenvalue weighted by atomic mass is 9.95. The average Bonchev–Trinajstić information content (AvgIpc) is 3.10. The molecular weight excluding hydrogens is 442 g/mol. The van der Waals surface area contributed by atoms with Crippen molar-refractivity contribution < 1.29 is 24.2 Å². The van der Waals surface area contributed by atoms with E-state index in [1.165, 1.54) is 4.90 Å². The molecule has 0 saturated carbocycles. The fourth-order valence-electron chi connectivity index (χ4n) is 4.08. The topological polar surface area (TPSA) is 76.1 Å². The number of aliphatic hydroxyl groups is 1. The third-order valence-corrected chi connectivity index (χ3v) is 5.80. The van der Waals surface area contributed by atoms with Crippen LogP contribution < -0.4 is 4.74 Å². The second kappa shape index (κ2) is 10.6. The number of para-hydroxylation sites is 1. The summed E-state index contributed by atoms with van der Waals surface area (Å²) < 4.78 is 11.6. The Kier molecular flexibility index (Phi) is 7.32. The van der Waals surface area contributed by atoms with Crippen LogP contribution in [0, 0.1) is 6.92 Å². The predicted octanol–water partition coefficient (Wildman–Crippen LogP) is 5.63. The number of aryl methyl sites for hydroxylation is 1. The standard InChI is InChI=1S/C29H29NO5/c1-19(2)34-17-16-30-26(22-8-7-11-24(18-22)35-23-9-5-4-6-10-23)25(28(32)29(30)33)27(31)21-14-12-20(3)13-15-21/h4-15,18-19,26,31H,16-17H2,1-3H3/b27-25-. The van der Waals surface area contributed by atoms with E-state index in [1.807, 2.05) is 81.4 Å². The normalized spacial score (nSPS) is 17.3. The molecule has 0 bridgehead atoms. The lowest BCUT2D eigenvalue weighted by Crippen LogP contribution is -2.33. The Hall–Kier alpha value is -3.90. The van der Waals surface area contributed by atoms with Crippen molar-refractivity contribution in [2.24, 2.45) is 0 Å². The molecule has 1 fully saturated rings. The first-order valence-electron chi connectivity index (χ1n) is 11.6. The molecule has 0 radical (unpaired) electrons. The van der Waals surface area contributed by atoms with Crippen molar-refractivity contribution in [2.45, 2.75) is 32.9 Å². The van der Waals surface area contributed by atoms with Crippen LogP contribution in [0.4, 0.5) is 0 Å². The average molecular weight is 472 g/mol. The smallest absolute Gasteiger partial charge is 0.295 e. The number of nitrogens with zero attached hydrogens (tertiary/aromatic N) is 1. The monoisotopic (exact) mass is 471 g/mol. The lowest BCUT2D eigenvalue weighted by Gasteiger charge is -2.26. The summed E-state index contributed by atoms with van der Waals surface area (Å²) in [5, 5.41) is 11.2. The van der Waals surface area contributed by atoms with Gasteiger partial charge in [-0.15, -0.1) is 0 Å². The second-order valence-electron chi connectivity index (χ2n) is 8.77. The van der Waals surface area contributed by atoms with E-state index in [1.54, 1.807) is 18.2 Å². The number of carbonyl (C=O) groups excluding carboxylic acids is 2. The maximum Gasteiger partial charge on any atom is 0.295 e. The van der Waals surface area contributed by atoms with E-state index in [4.69, 9.17) is 9.47 Å². The van der Waals surface area contributed by atoms with Crippen molar-refractivity contribution in [3.8, 4) is 11.5 Å². The number of ether oxygens (including phenoxy) is 2. The summed E-state index contributed by atoms with van der Waals surface area (Å²) in [6.07, 6.45) is -0.0135. The zero-order chi connectivity index (χ0) is 24.9. The molecule has 0 spiro atoms. The number of hydrogen-bond donors (Lipinski definition) is 1. The van der Waals surface area contributed by atoms with E-state index < -0.39 is 17.7 Å². The van der Waals surface area contributed by atoms with Gasteiger partial charge >= 0.3 is 0 Å². The zero-order valence-corrected chi connectivity index (χ0v) is 20.1. The van der Waals surface area contributed by atoms with Crippen molar-refractivity contribution >= 4 is 17.4 Å². The predicted molar refractivity (Wildman–Crippen MR) is 134 cm³/mol. The number of benzene rings is 3. The Bertz CT molecular complexity index is 1230. The maximum absolute atomic E-state index is 13.2. The Labute approximate surface area is 205 Å². The van der Waals surface area contributed by atoms with Crippen LogP contribution in [0.15, 0.2) is 84.4 Å². The third kappa shape index (κ3) is 5.44. The van der Waals surface area contributed by atoms with E-state index in [0.29, 0.717) is 22.6 Å². The first-order chi connectivity index (χ1) is 16.8. The quantitative estimate of drug-likeness (QED) is 0.262. The van der Waals surface area contributed by atoms with Gasteiger partial charge in [-0.3, -0.25) is 9.59 Å². The van der Waals surface area contributed by atoms with Crippen molar-refractivity contribution in [1.29, 1.82) is 0 Å². The Morgan fingerprint density at radius 1 is 0.943 bits per heavy atom. The highest BCUT2D eigenvalue weighted by Gasteiger charge is 2.46. The summed E-state index contributed by atoms with van der Waals surface area (Å²) in [6.45, 7) is 6.24. The van der Waals surface area contributed by atoms with Crippen LogP contribution in [0.3, 0.4) is 0 Å². The molecule has 1 aliphatic rings. The first-order valence-corrected chi connectivity index (χ1v) is 11.6. The molecule has 3 aromatic carbocycles. The van der Waals surface area contributed by atoms with Crippen molar-refractivity contribution in [2.75, 3.05) is 13.2 Å². The molecule has 4 rings (SSSR count). The number of rotatable bonds is 8. The second-order valence-corrected chi connectivity index (χ2v) is 8.77. The fraction of sp³-hybridized carbons (Fsp3) is 0.241. The van der Waals surface area contributed by atoms with E-state index in [-0.39, 0.29) is 30.6 Å². The minimum Gasteiger partial charge on any atom is -0.507 e. The van der Waals surface area contributed by atoms with Crippen LogP contribution in [0.2, 0.25) is 0 Å². The Morgan fingerprint density at radius 3 is 2.31 bits per heavy atom. The number of amides is 1. The van der Waals surface area contributed by atoms with Gasteiger partial charge in [0.1, 0.15) is 17.3 Å². The number of likely N-dealkylation sites (tertiary alicyclic amines) is 1. The molecule has 1 amide bonds. The molecule has 0 aliphatic carbocycles. The maximum atomic E-state index is 13.2. The molecular formula is C29H29NO5. The number of ketones is 1. The number of hydrogen-bond acceptors (Lipinski definition) is 5. The molecule has 3 aromatic rings. The summed E-state index contributed by atoms with van der Waals surface area (Å²) >= 11 is 0. The van der Waals surface area contributed by atoms with Gasteiger partial charge in [0.2, 0.25) is 0 Å². The molecule has 1 heterocycles. The van der Waals surface area contributed by atoms with Gasteiger partial charge in [-0.05, 0) is 50.6 Å². The highest BCUT2D eigenvalue weighted by Crippen LogP contribution is 2.40. The van der Waals surface area contributed by atoms with Crippen LogP contribution in [0.1, 0.15) is 36.6 Å². The zero-order valence-electron chi connectivity index (χ0n) is 20.1. The third-order valence-electron chi connectivity index (χ3n) is 5.80. The summed E-state index contributed by atoms with van der Waals surface area (Å²) in [5.41, 5.74) is 2.22. The van der Waals surface area contributed by atoms with Gasteiger partial charge in [0.15, 0.2) is 0 Å². The van der Waals surface area contributed by atoms with Crippen LogP contribution in [-0.2, 0) is 14.3 Å². The summed E-state index contributed by atoms with van der Waals surface area (Å²) in [4.78, 5) is 27.7. The Balaban J connectivity index is 1.77. The van der Waals surface area contributed by atoms with E-state index in [0.717, 1.165) is 5.56 Å². The van der Waals surface area contributed by atoms with E-state index in [9.17, 15) is 14.7 Å². The summed E-state index contributed by atoms with van der Waals surface area (Å²) in [6, 6.07) is 23.0. The van der Waals surface area contributed by atoms with Crippen molar-refractivity contribution in [3.63, 3.8) is 0 Å². The van der Waals surface area contributed by atoms with Gasteiger partial charge in [0.25, 0.3) is 11.7 Å². The number of aliphatic hydroxyl groups excluding tert-OH is 1. The molecule has 35 heavy (non-hydrogen) atoms. The van der Waals surface area contributed by atoms with Gasteiger partial charge < -0.3 is 19.5 Å². The van der Waals surface area contributed by atoms with Crippen molar-refractivity contribution in [1.82, 2.24) is 4.90 Å². The van der Waals surface area contributed by atoms with Crippen LogP contribution in [-0.4, -0.2) is 41.0 Å². The minimum atomic E-state index is -0.772. The van der Waals surface area contributed by atoms with Gasteiger partial charge in [-0.1, -0.05) is 60.2 Å².